The van der Waals surface area contributed by atoms with Crippen LogP contribution in [0.4, 0.5) is 5.95 Å². The molecule has 2 aliphatic heterocycles. The zero-order chi connectivity index (χ0) is 20.9. The third kappa shape index (κ3) is 3.26. The highest BCUT2D eigenvalue weighted by molar-refractivity contribution is 5.98. The van der Waals surface area contributed by atoms with Gasteiger partial charge in [-0.25, -0.2) is 9.97 Å². The van der Waals surface area contributed by atoms with Gasteiger partial charge in [-0.15, -0.1) is 0 Å². The van der Waals surface area contributed by atoms with Crippen LogP contribution >= 0.6 is 0 Å². The van der Waals surface area contributed by atoms with Crippen LogP contribution in [0.2, 0.25) is 0 Å². The first-order valence-corrected chi connectivity index (χ1v) is 11.1. The van der Waals surface area contributed by atoms with Gasteiger partial charge in [0.25, 0.3) is 5.91 Å². The fourth-order valence-corrected chi connectivity index (χ4v) is 5.02. The topological polar surface area (TPSA) is 80.0 Å². The molecule has 6 rings (SSSR count). The van der Waals surface area contributed by atoms with Crippen molar-refractivity contribution in [2.45, 2.75) is 50.6 Å². The van der Waals surface area contributed by atoms with Crippen molar-refractivity contribution in [3.05, 3.63) is 59.7 Å². The summed E-state index contributed by atoms with van der Waals surface area (Å²) in [5.41, 5.74) is 3.56. The number of carbonyl (C=O) groups is 1. The van der Waals surface area contributed by atoms with Gasteiger partial charge in [0.05, 0.1) is 23.6 Å². The highest BCUT2D eigenvalue weighted by Crippen LogP contribution is 2.41. The van der Waals surface area contributed by atoms with E-state index in [0.29, 0.717) is 30.3 Å². The van der Waals surface area contributed by atoms with Crippen LogP contribution in [0.3, 0.4) is 0 Å². The maximum Gasteiger partial charge on any atom is 0.256 e. The first-order valence-electron chi connectivity index (χ1n) is 11.1. The molecule has 0 spiro atoms. The van der Waals surface area contributed by atoms with Crippen LogP contribution in [0.5, 0.6) is 0 Å². The molecule has 2 aromatic heterocycles. The van der Waals surface area contributed by atoms with Crippen molar-refractivity contribution in [1.29, 1.82) is 0 Å². The number of amides is 1. The highest BCUT2D eigenvalue weighted by Gasteiger charge is 2.43. The second-order valence-corrected chi connectivity index (χ2v) is 8.85. The van der Waals surface area contributed by atoms with E-state index < -0.39 is 0 Å². The first kappa shape index (κ1) is 18.5. The van der Waals surface area contributed by atoms with Gasteiger partial charge < -0.3 is 9.80 Å². The molecule has 4 heterocycles. The van der Waals surface area contributed by atoms with Crippen molar-refractivity contribution >= 4 is 11.9 Å². The molecule has 1 saturated carbocycles. The Labute approximate surface area is 180 Å². The number of rotatable bonds is 4. The Bertz CT molecular complexity index is 1110. The van der Waals surface area contributed by atoms with Crippen molar-refractivity contribution in [3.63, 3.8) is 0 Å². The van der Waals surface area contributed by atoms with Gasteiger partial charge in [0.15, 0.2) is 0 Å². The Morgan fingerprint density at radius 2 is 1.68 bits per heavy atom. The van der Waals surface area contributed by atoms with Gasteiger partial charge in [0.2, 0.25) is 5.95 Å². The third-order valence-electron chi connectivity index (χ3n) is 6.63. The average Bonchev–Trinajstić information content (AvgIpc) is 3.43. The van der Waals surface area contributed by atoms with Crippen molar-refractivity contribution in [2.24, 2.45) is 0 Å². The molecule has 0 N–H and O–H groups in total. The quantitative estimate of drug-likeness (QED) is 0.652. The summed E-state index contributed by atoms with van der Waals surface area (Å²) in [6.45, 7) is 3.43. The number of nitrogens with zero attached hydrogens (tertiary/aromatic N) is 7. The smallest absolute Gasteiger partial charge is 0.256 e. The minimum Gasteiger partial charge on any atom is -0.334 e. The molecule has 8 nitrogen and oxygen atoms in total. The summed E-state index contributed by atoms with van der Waals surface area (Å²) in [5.74, 6) is 1.49. The zero-order valence-electron chi connectivity index (χ0n) is 17.6. The summed E-state index contributed by atoms with van der Waals surface area (Å²) < 4.78 is 0. The molecule has 3 aromatic rings. The van der Waals surface area contributed by atoms with Crippen LogP contribution in [0.1, 0.15) is 53.3 Å². The Morgan fingerprint density at radius 1 is 0.968 bits per heavy atom. The highest BCUT2D eigenvalue weighted by atomic mass is 16.2. The Morgan fingerprint density at radius 3 is 2.39 bits per heavy atom. The van der Waals surface area contributed by atoms with E-state index in [-0.39, 0.29) is 18.0 Å². The Hall–Kier alpha value is -3.29. The molecule has 3 fully saturated rings. The summed E-state index contributed by atoms with van der Waals surface area (Å²) in [7, 11) is 0. The van der Waals surface area contributed by atoms with E-state index in [4.69, 9.17) is 9.97 Å². The number of para-hydroxylation sites is 1. The van der Waals surface area contributed by atoms with Gasteiger partial charge in [-0.05, 0) is 50.8 Å². The predicted octanol–water partition coefficient (Wildman–Crippen LogP) is 2.74. The second-order valence-electron chi connectivity index (χ2n) is 8.85. The molecule has 31 heavy (non-hydrogen) atoms. The fraction of sp³-hybridized carbons (Fsp3) is 0.435. The van der Waals surface area contributed by atoms with Crippen LogP contribution in [-0.2, 0) is 0 Å². The minimum atomic E-state index is 0.0354. The first-order chi connectivity index (χ1) is 15.2. The van der Waals surface area contributed by atoms with Crippen molar-refractivity contribution in [1.82, 2.24) is 29.9 Å². The molecule has 1 amide bonds. The van der Waals surface area contributed by atoms with Gasteiger partial charge in [0.1, 0.15) is 0 Å². The van der Waals surface area contributed by atoms with E-state index >= 15 is 0 Å². The third-order valence-corrected chi connectivity index (χ3v) is 6.63. The molecule has 0 radical (unpaired) electrons. The van der Waals surface area contributed by atoms with E-state index in [1.54, 1.807) is 12.4 Å². The SMILES string of the molecule is Cc1cc(C2CC2)nc(N2C3CCC2CN(C(=O)c2ccccc2-n2nccn2)C3)n1. The van der Waals surface area contributed by atoms with Crippen molar-refractivity contribution in [3.8, 4) is 5.69 Å². The summed E-state index contributed by atoms with van der Waals surface area (Å²) in [6, 6.07) is 10.2. The maximum absolute atomic E-state index is 13.5. The molecule has 2 unspecified atom stereocenters. The standard InChI is InChI=1S/C23H25N7O/c1-15-12-20(16-6-7-16)27-23(26-15)29-17-8-9-18(29)14-28(13-17)22(31)19-4-2-3-5-21(19)30-24-10-11-25-30/h2-5,10-12,16-18H,6-9,13-14H2,1H3. The Kier molecular flexibility index (Phi) is 4.26. The van der Waals surface area contributed by atoms with Crippen LogP contribution < -0.4 is 4.90 Å². The van der Waals surface area contributed by atoms with E-state index in [2.05, 4.69) is 28.1 Å². The lowest BCUT2D eigenvalue weighted by Crippen LogP contribution is -2.56. The summed E-state index contributed by atoms with van der Waals surface area (Å²) >= 11 is 0. The van der Waals surface area contributed by atoms with Crippen LogP contribution in [0, 0.1) is 6.92 Å². The van der Waals surface area contributed by atoms with Crippen LogP contribution in [0.25, 0.3) is 5.69 Å². The number of carbonyl (C=O) groups excluding carboxylic acids is 1. The normalized spacial score (nSPS) is 22.7. The number of hydrogen-bond acceptors (Lipinski definition) is 6. The van der Waals surface area contributed by atoms with Crippen molar-refractivity contribution < 1.29 is 4.79 Å². The molecule has 2 atom stereocenters. The average molecular weight is 416 g/mol. The second kappa shape index (κ2) is 7.14. The zero-order valence-corrected chi connectivity index (χ0v) is 17.6. The number of anilines is 1. The molecule has 3 aliphatic rings. The molecule has 158 valence electrons. The van der Waals surface area contributed by atoms with Gasteiger partial charge in [-0.3, -0.25) is 4.79 Å². The molecular formula is C23H25N7O. The monoisotopic (exact) mass is 415 g/mol. The van der Waals surface area contributed by atoms with E-state index in [1.165, 1.54) is 23.3 Å². The number of likely N-dealkylation sites (tertiary alicyclic amines) is 1. The number of fused-ring (bicyclic) bond motifs is 2. The number of aromatic nitrogens is 5. The van der Waals surface area contributed by atoms with E-state index in [9.17, 15) is 4.79 Å². The molecule has 8 heteroatoms. The van der Waals surface area contributed by atoms with Gasteiger partial charge in [0, 0.05) is 42.5 Å². The van der Waals surface area contributed by atoms with Crippen LogP contribution in [0.15, 0.2) is 42.7 Å². The van der Waals surface area contributed by atoms with Gasteiger partial charge in [-0.2, -0.15) is 15.0 Å². The van der Waals surface area contributed by atoms with Gasteiger partial charge in [-0.1, -0.05) is 12.1 Å². The van der Waals surface area contributed by atoms with Crippen LogP contribution in [-0.4, -0.2) is 60.9 Å². The lowest BCUT2D eigenvalue weighted by molar-refractivity contribution is 0.0716. The summed E-state index contributed by atoms with van der Waals surface area (Å²) in [4.78, 5) is 29.1. The van der Waals surface area contributed by atoms with E-state index in [1.807, 2.05) is 29.2 Å². The van der Waals surface area contributed by atoms with Gasteiger partial charge >= 0.3 is 0 Å². The van der Waals surface area contributed by atoms with Crippen molar-refractivity contribution in [2.75, 3.05) is 18.0 Å². The number of aryl methyl sites for hydroxylation is 1. The molecule has 2 saturated heterocycles. The largest absolute Gasteiger partial charge is 0.334 e. The maximum atomic E-state index is 13.5. The fourth-order valence-electron chi connectivity index (χ4n) is 5.02. The van der Waals surface area contributed by atoms with E-state index in [0.717, 1.165) is 24.5 Å². The molecule has 1 aromatic carbocycles. The predicted molar refractivity (Wildman–Crippen MR) is 115 cm³/mol. The Balaban J connectivity index is 1.27. The molecular weight excluding hydrogens is 390 g/mol. The number of piperazine rings is 1. The number of hydrogen-bond donors (Lipinski definition) is 0. The summed E-state index contributed by atoms with van der Waals surface area (Å²) in [6.07, 6.45) is 7.83. The summed E-state index contributed by atoms with van der Waals surface area (Å²) in [5, 5.41) is 8.43. The molecule has 2 bridgehead atoms. The number of benzene rings is 1. The lowest BCUT2D eigenvalue weighted by Gasteiger charge is -2.41. The lowest BCUT2D eigenvalue weighted by atomic mass is 10.1. The minimum absolute atomic E-state index is 0.0354. The molecule has 1 aliphatic carbocycles.